The van der Waals surface area contributed by atoms with Gasteiger partial charge in [0.15, 0.2) is 0 Å². The second-order valence-corrected chi connectivity index (χ2v) is 7.91. The average Bonchev–Trinajstić information content (AvgIpc) is 3.35. The Kier molecular flexibility index (Phi) is 3.60. The first-order valence-corrected chi connectivity index (χ1v) is 8.74. The summed E-state index contributed by atoms with van der Waals surface area (Å²) in [6.07, 6.45) is 1.88. The molecule has 0 radical (unpaired) electrons. The minimum absolute atomic E-state index is 0.298. The van der Waals surface area contributed by atoms with Crippen LogP contribution in [-0.4, -0.2) is 6.09 Å². The Labute approximate surface area is 147 Å². The highest BCUT2D eigenvalue weighted by atomic mass is 19.1. The van der Waals surface area contributed by atoms with Crippen LogP contribution in [-0.2, 0) is 11.2 Å². The summed E-state index contributed by atoms with van der Waals surface area (Å²) in [5.41, 5.74) is 9.43. The monoisotopic (exact) mass is 339 g/mol. The van der Waals surface area contributed by atoms with Gasteiger partial charge in [-0.05, 0) is 59.6 Å². The van der Waals surface area contributed by atoms with Crippen molar-refractivity contribution in [1.29, 1.82) is 0 Å². The third kappa shape index (κ3) is 2.90. The molecule has 0 heterocycles. The van der Waals surface area contributed by atoms with Gasteiger partial charge in [0.05, 0.1) is 0 Å². The summed E-state index contributed by atoms with van der Waals surface area (Å²) in [5, 5.41) is 0. The van der Waals surface area contributed by atoms with E-state index in [1.807, 2.05) is 32.0 Å². The molecular formula is C21H22FNO2. The van der Waals surface area contributed by atoms with Crippen molar-refractivity contribution in [3.8, 4) is 11.1 Å². The summed E-state index contributed by atoms with van der Waals surface area (Å²) in [6, 6.07) is 11.6. The number of benzene rings is 2. The first kappa shape index (κ1) is 16.1. The Bertz CT molecular complexity index is 838. The van der Waals surface area contributed by atoms with Gasteiger partial charge in [0.2, 0.25) is 0 Å². The predicted molar refractivity (Wildman–Crippen MR) is 94.7 cm³/mol. The van der Waals surface area contributed by atoms with E-state index in [-0.39, 0.29) is 11.2 Å². The summed E-state index contributed by atoms with van der Waals surface area (Å²) in [5.74, 6) is 0.389. The van der Waals surface area contributed by atoms with E-state index >= 15 is 0 Å². The lowest BCUT2D eigenvalue weighted by atomic mass is 9.87. The largest absolute Gasteiger partial charge is 0.441 e. The van der Waals surface area contributed by atoms with E-state index in [1.54, 1.807) is 0 Å². The molecule has 0 saturated heterocycles. The zero-order valence-electron chi connectivity index (χ0n) is 14.5. The molecule has 1 fully saturated rings. The topological polar surface area (TPSA) is 52.3 Å². The molecule has 25 heavy (non-hydrogen) atoms. The number of halogens is 1. The standard InChI is InChI=1S/C21H22FNO2/c1-21(2)11-15-9-16(14-7-5-13(6-8-14)12-3-4-12)18(22)10-17(15)19(21)25-20(23)24/h5-10,12,19H,3-4,11H2,1-2H3,(H2,23,24). The van der Waals surface area contributed by atoms with E-state index in [0.717, 1.165) is 16.7 Å². The number of hydrogen-bond acceptors (Lipinski definition) is 2. The second kappa shape index (κ2) is 5.58. The van der Waals surface area contributed by atoms with E-state index in [2.05, 4.69) is 12.1 Å². The van der Waals surface area contributed by atoms with Crippen LogP contribution in [0, 0.1) is 11.2 Å². The highest BCUT2D eigenvalue weighted by molar-refractivity contribution is 5.68. The van der Waals surface area contributed by atoms with Gasteiger partial charge in [0.1, 0.15) is 11.9 Å². The normalized spacial score (nSPS) is 21.0. The van der Waals surface area contributed by atoms with Crippen LogP contribution in [0.2, 0.25) is 0 Å². The van der Waals surface area contributed by atoms with Crippen LogP contribution in [0.4, 0.5) is 9.18 Å². The number of hydrogen-bond donors (Lipinski definition) is 1. The molecule has 1 unspecified atom stereocenters. The number of primary amides is 1. The number of nitrogens with two attached hydrogens (primary N) is 1. The lowest BCUT2D eigenvalue weighted by Gasteiger charge is -2.26. The molecule has 2 aliphatic rings. The molecule has 2 N–H and O–H groups in total. The maximum atomic E-state index is 14.8. The predicted octanol–water partition coefficient (Wildman–Crippen LogP) is 5.09. The molecule has 2 aromatic rings. The van der Waals surface area contributed by atoms with Gasteiger partial charge in [-0.2, -0.15) is 0 Å². The highest BCUT2D eigenvalue weighted by Gasteiger charge is 2.42. The van der Waals surface area contributed by atoms with Crippen LogP contribution >= 0.6 is 0 Å². The van der Waals surface area contributed by atoms with Gasteiger partial charge < -0.3 is 10.5 Å². The van der Waals surface area contributed by atoms with Gasteiger partial charge in [-0.25, -0.2) is 9.18 Å². The van der Waals surface area contributed by atoms with E-state index in [0.29, 0.717) is 17.9 Å². The smallest absolute Gasteiger partial charge is 0.405 e. The summed E-state index contributed by atoms with van der Waals surface area (Å²) in [7, 11) is 0. The van der Waals surface area contributed by atoms with Gasteiger partial charge >= 0.3 is 6.09 Å². The van der Waals surface area contributed by atoms with Crippen LogP contribution in [0.3, 0.4) is 0 Å². The summed E-state index contributed by atoms with van der Waals surface area (Å²) in [4.78, 5) is 11.2. The number of carbonyl (C=O) groups is 1. The Morgan fingerprint density at radius 1 is 1.20 bits per heavy atom. The highest BCUT2D eigenvalue weighted by Crippen LogP contribution is 2.49. The second-order valence-electron chi connectivity index (χ2n) is 7.91. The molecule has 4 heteroatoms. The Hall–Kier alpha value is -2.36. The van der Waals surface area contributed by atoms with Crippen molar-refractivity contribution in [2.24, 2.45) is 11.1 Å². The van der Waals surface area contributed by atoms with E-state index in [4.69, 9.17) is 10.5 Å². The number of rotatable bonds is 3. The van der Waals surface area contributed by atoms with E-state index in [9.17, 15) is 9.18 Å². The zero-order valence-corrected chi connectivity index (χ0v) is 14.5. The van der Waals surface area contributed by atoms with Crippen LogP contribution in [0.1, 0.15) is 55.4 Å². The van der Waals surface area contributed by atoms with Gasteiger partial charge in [-0.1, -0.05) is 38.1 Å². The SMILES string of the molecule is CC1(C)Cc2cc(-c3ccc(C4CC4)cc3)c(F)cc2C1OC(N)=O. The molecule has 1 amide bonds. The molecular weight excluding hydrogens is 317 g/mol. The first-order chi connectivity index (χ1) is 11.8. The van der Waals surface area contributed by atoms with Crippen molar-refractivity contribution < 1.29 is 13.9 Å². The molecule has 0 aliphatic heterocycles. The maximum Gasteiger partial charge on any atom is 0.405 e. The van der Waals surface area contributed by atoms with E-state index in [1.165, 1.54) is 24.5 Å². The van der Waals surface area contributed by atoms with Gasteiger partial charge in [-0.3, -0.25) is 0 Å². The fraction of sp³-hybridized carbons (Fsp3) is 0.381. The van der Waals surface area contributed by atoms with Crippen molar-refractivity contribution in [2.75, 3.05) is 0 Å². The molecule has 0 aromatic heterocycles. The Morgan fingerprint density at radius 2 is 1.88 bits per heavy atom. The quantitative estimate of drug-likeness (QED) is 0.847. The molecule has 1 atom stereocenters. The van der Waals surface area contributed by atoms with E-state index < -0.39 is 12.2 Å². The summed E-state index contributed by atoms with van der Waals surface area (Å²) < 4.78 is 20.1. The molecule has 4 rings (SSSR count). The molecule has 0 bridgehead atoms. The fourth-order valence-corrected chi connectivity index (χ4v) is 3.95. The molecule has 1 saturated carbocycles. The molecule has 3 nitrogen and oxygen atoms in total. The van der Waals surface area contributed by atoms with Crippen molar-refractivity contribution in [3.63, 3.8) is 0 Å². The Balaban J connectivity index is 1.71. The van der Waals surface area contributed by atoms with Crippen molar-refractivity contribution >= 4 is 6.09 Å². The molecule has 0 spiro atoms. The molecule has 2 aliphatic carbocycles. The third-order valence-corrected chi connectivity index (χ3v) is 5.37. The van der Waals surface area contributed by atoms with Gasteiger partial charge in [0.25, 0.3) is 0 Å². The Morgan fingerprint density at radius 3 is 2.48 bits per heavy atom. The fourth-order valence-electron chi connectivity index (χ4n) is 3.95. The minimum atomic E-state index is -0.828. The number of amides is 1. The van der Waals surface area contributed by atoms with Crippen LogP contribution < -0.4 is 5.73 Å². The van der Waals surface area contributed by atoms with Crippen LogP contribution in [0.25, 0.3) is 11.1 Å². The maximum absolute atomic E-state index is 14.8. The number of fused-ring (bicyclic) bond motifs is 1. The third-order valence-electron chi connectivity index (χ3n) is 5.37. The van der Waals surface area contributed by atoms with Crippen LogP contribution in [0.15, 0.2) is 36.4 Å². The van der Waals surface area contributed by atoms with Crippen molar-refractivity contribution in [2.45, 2.75) is 45.1 Å². The average molecular weight is 339 g/mol. The lowest BCUT2D eigenvalue weighted by molar-refractivity contribution is 0.0391. The zero-order chi connectivity index (χ0) is 17.8. The number of carbonyl (C=O) groups excluding carboxylic acids is 1. The molecule has 2 aromatic carbocycles. The molecule has 130 valence electrons. The van der Waals surface area contributed by atoms with Crippen molar-refractivity contribution in [3.05, 3.63) is 58.9 Å². The summed E-state index contributed by atoms with van der Waals surface area (Å²) >= 11 is 0. The summed E-state index contributed by atoms with van der Waals surface area (Å²) in [6.45, 7) is 4.01. The van der Waals surface area contributed by atoms with Crippen LogP contribution in [0.5, 0.6) is 0 Å². The lowest BCUT2D eigenvalue weighted by Crippen LogP contribution is -2.25. The van der Waals surface area contributed by atoms with Gasteiger partial charge in [-0.15, -0.1) is 0 Å². The number of ether oxygens (including phenoxy) is 1. The van der Waals surface area contributed by atoms with Crippen molar-refractivity contribution in [1.82, 2.24) is 0 Å². The van der Waals surface area contributed by atoms with Gasteiger partial charge in [0, 0.05) is 11.0 Å². The first-order valence-electron chi connectivity index (χ1n) is 8.74. The minimum Gasteiger partial charge on any atom is -0.441 e.